The number of ether oxygens (including phenoxy) is 1. The van der Waals surface area contributed by atoms with E-state index in [0.717, 1.165) is 42.0 Å². The summed E-state index contributed by atoms with van der Waals surface area (Å²) < 4.78 is 9.28. The maximum Gasteiger partial charge on any atom is 0.257 e. The van der Waals surface area contributed by atoms with Crippen LogP contribution in [0.25, 0.3) is 5.65 Å². The lowest BCUT2D eigenvalue weighted by Gasteiger charge is -2.22. The zero-order chi connectivity index (χ0) is 21.8. The van der Waals surface area contributed by atoms with Gasteiger partial charge in [0.15, 0.2) is 5.43 Å². The fourth-order valence-electron chi connectivity index (χ4n) is 4.60. The van der Waals surface area contributed by atoms with Crippen LogP contribution >= 0.6 is 0 Å². The lowest BCUT2D eigenvalue weighted by molar-refractivity contribution is 0.0946. The topological polar surface area (TPSA) is 77.6 Å². The fourth-order valence-corrected chi connectivity index (χ4v) is 4.60. The summed E-state index contributed by atoms with van der Waals surface area (Å²) in [5, 5.41) is 2.93. The van der Waals surface area contributed by atoms with Gasteiger partial charge in [0.05, 0.1) is 18.8 Å². The van der Waals surface area contributed by atoms with Crippen LogP contribution in [0.5, 0.6) is 0 Å². The van der Waals surface area contributed by atoms with E-state index in [-0.39, 0.29) is 23.4 Å². The molecule has 7 nitrogen and oxygen atoms in total. The SMILES string of the molecule is COCCn1c(C)cc(=O)c(C(=O)NCc2cn3ccccc3n2)c1CC1CCCC1. The van der Waals surface area contributed by atoms with Crippen LogP contribution in [-0.4, -0.2) is 33.6 Å². The molecule has 1 N–H and O–H groups in total. The molecule has 0 unspecified atom stereocenters. The van der Waals surface area contributed by atoms with Gasteiger partial charge in [-0.2, -0.15) is 0 Å². The van der Waals surface area contributed by atoms with Gasteiger partial charge in [0.1, 0.15) is 11.2 Å². The standard InChI is InChI=1S/C24H30N4O3/c1-17-13-21(29)23(20(28(17)11-12-31-2)14-18-7-3-4-8-18)24(30)25-15-19-16-27-10-6-5-9-22(27)26-19/h5-6,9-10,13,16,18H,3-4,7-8,11-12,14-15H2,1-2H3,(H,25,30). The molecule has 1 amide bonds. The summed E-state index contributed by atoms with van der Waals surface area (Å²) in [5.74, 6) is 0.182. The predicted octanol–water partition coefficient (Wildman–Crippen LogP) is 3.11. The molecule has 3 aromatic heterocycles. The second kappa shape index (κ2) is 9.47. The van der Waals surface area contributed by atoms with Crippen LogP contribution in [0, 0.1) is 12.8 Å². The molecule has 164 valence electrons. The van der Waals surface area contributed by atoms with Crippen molar-refractivity contribution in [2.24, 2.45) is 5.92 Å². The third-order valence-electron chi connectivity index (χ3n) is 6.17. The molecule has 0 aliphatic heterocycles. The number of nitrogens with one attached hydrogen (secondary N) is 1. The van der Waals surface area contributed by atoms with Crippen molar-refractivity contribution in [3.05, 3.63) is 69.5 Å². The summed E-state index contributed by atoms with van der Waals surface area (Å²) in [6.07, 6.45) is 9.28. The van der Waals surface area contributed by atoms with Gasteiger partial charge in [-0.25, -0.2) is 4.98 Å². The van der Waals surface area contributed by atoms with Crippen LogP contribution in [0.4, 0.5) is 0 Å². The lowest BCUT2D eigenvalue weighted by Crippen LogP contribution is -2.33. The largest absolute Gasteiger partial charge is 0.383 e. The zero-order valence-corrected chi connectivity index (χ0v) is 18.3. The number of carbonyl (C=O) groups is 1. The van der Waals surface area contributed by atoms with Gasteiger partial charge >= 0.3 is 0 Å². The maximum atomic E-state index is 13.2. The number of fused-ring (bicyclic) bond motifs is 1. The smallest absolute Gasteiger partial charge is 0.257 e. The van der Waals surface area contributed by atoms with Crippen molar-refractivity contribution in [2.45, 2.75) is 52.1 Å². The molecule has 0 atom stereocenters. The Hall–Kier alpha value is -2.93. The number of hydrogen-bond donors (Lipinski definition) is 1. The lowest BCUT2D eigenvalue weighted by atomic mass is 9.97. The quantitative estimate of drug-likeness (QED) is 0.605. The number of methoxy groups -OCH3 is 1. The molecule has 0 saturated heterocycles. The van der Waals surface area contributed by atoms with Crippen molar-refractivity contribution in [3.63, 3.8) is 0 Å². The highest BCUT2D eigenvalue weighted by Gasteiger charge is 2.24. The predicted molar refractivity (Wildman–Crippen MR) is 119 cm³/mol. The molecule has 1 aliphatic rings. The monoisotopic (exact) mass is 422 g/mol. The highest BCUT2D eigenvalue weighted by atomic mass is 16.5. The number of hydrogen-bond acceptors (Lipinski definition) is 4. The summed E-state index contributed by atoms with van der Waals surface area (Å²) in [6.45, 7) is 3.35. The minimum atomic E-state index is -0.332. The Morgan fingerprint density at radius 3 is 2.84 bits per heavy atom. The molecule has 0 spiro atoms. The molecule has 1 saturated carbocycles. The molecule has 1 aliphatic carbocycles. The Labute approximate surface area is 182 Å². The molecule has 0 radical (unpaired) electrons. The molecule has 31 heavy (non-hydrogen) atoms. The van der Waals surface area contributed by atoms with Crippen LogP contribution in [0.15, 0.2) is 41.5 Å². The number of imidazole rings is 1. The average molecular weight is 423 g/mol. The van der Waals surface area contributed by atoms with Crippen molar-refractivity contribution >= 4 is 11.6 Å². The van der Waals surface area contributed by atoms with Gasteiger partial charge < -0.3 is 19.0 Å². The van der Waals surface area contributed by atoms with E-state index in [9.17, 15) is 9.59 Å². The number of rotatable bonds is 8. The first-order valence-corrected chi connectivity index (χ1v) is 11.0. The number of carbonyl (C=O) groups excluding carboxylic acids is 1. The van der Waals surface area contributed by atoms with Gasteiger partial charge in [0, 0.05) is 43.5 Å². The van der Waals surface area contributed by atoms with Gasteiger partial charge in [-0.3, -0.25) is 9.59 Å². The summed E-state index contributed by atoms with van der Waals surface area (Å²) in [6, 6.07) is 7.34. The van der Waals surface area contributed by atoms with E-state index in [1.807, 2.05) is 41.9 Å². The number of aryl methyl sites for hydroxylation is 1. The molecule has 3 heterocycles. The highest BCUT2D eigenvalue weighted by Crippen LogP contribution is 2.29. The summed E-state index contributed by atoms with van der Waals surface area (Å²) >= 11 is 0. The van der Waals surface area contributed by atoms with Gasteiger partial charge in [-0.05, 0) is 31.4 Å². The van der Waals surface area contributed by atoms with E-state index in [4.69, 9.17) is 4.74 Å². The van der Waals surface area contributed by atoms with Crippen LogP contribution in [0.3, 0.4) is 0 Å². The summed E-state index contributed by atoms with van der Waals surface area (Å²) in [4.78, 5) is 30.7. The van der Waals surface area contributed by atoms with Crippen molar-refractivity contribution in [1.29, 1.82) is 0 Å². The summed E-state index contributed by atoms with van der Waals surface area (Å²) in [5.41, 5.74) is 3.33. The minimum absolute atomic E-state index is 0.216. The Morgan fingerprint density at radius 1 is 1.29 bits per heavy atom. The summed E-state index contributed by atoms with van der Waals surface area (Å²) in [7, 11) is 1.66. The Morgan fingerprint density at radius 2 is 2.10 bits per heavy atom. The number of pyridine rings is 2. The minimum Gasteiger partial charge on any atom is -0.383 e. The number of nitrogens with zero attached hydrogens (tertiary/aromatic N) is 3. The van der Waals surface area contributed by atoms with Crippen LogP contribution < -0.4 is 10.7 Å². The molecule has 0 aromatic carbocycles. The van der Waals surface area contributed by atoms with E-state index in [1.54, 1.807) is 13.2 Å². The number of amides is 1. The normalized spacial score (nSPS) is 14.4. The van der Waals surface area contributed by atoms with E-state index in [2.05, 4.69) is 14.9 Å². The first-order valence-electron chi connectivity index (χ1n) is 11.0. The Balaban J connectivity index is 1.62. The first kappa shape index (κ1) is 21.3. The maximum absolute atomic E-state index is 13.2. The average Bonchev–Trinajstić information content (AvgIpc) is 3.41. The Bertz CT molecular complexity index is 1090. The third kappa shape index (κ3) is 4.71. The second-order valence-corrected chi connectivity index (χ2v) is 8.35. The van der Waals surface area contributed by atoms with Crippen molar-refractivity contribution in [2.75, 3.05) is 13.7 Å². The molecular formula is C24H30N4O3. The molecule has 0 bridgehead atoms. The highest BCUT2D eigenvalue weighted by molar-refractivity contribution is 5.95. The molecule has 4 rings (SSSR count). The number of aromatic nitrogens is 3. The van der Waals surface area contributed by atoms with Crippen molar-refractivity contribution < 1.29 is 9.53 Å². The van der Waals surface area contributed by atoms with Crippen LogP contribution in [0.1, 0.15) is 53.1 Å². The molecule has 1 fully saturated rings. The van der Waals surface area contributed by atoms with Gasteiger partial charge in [0.25, 0.3) is 5.91 Å². The zero-order valence-electron chi connectivity index (χ0n) is 18.3. The van der Waals surface area contributed by atoms with Gasteiger partial charge in [0.2, 0.25) is 0 Å². The van der Waals surface area contributed by atoms with Crippen molar-refractivity contribution in [3.8, 4) is 0 Å². The van der Waals surface area contributed by atoms with E-state index >= 15 is 0 Å². The second-order valence-electron chi connectivity index (χ2n) is 8.35. The van der Waals surface area contributed by atoms with Crippen molar-refractivity contribution in [1.82, 2.24) is 19.3 Å². The van der Waals surface area contributed by atoms with E-state index in [1.165, 1.54) is 12.8 Å². The Kier molecular flexibility index (Phi) is 6.51. The van der Waals surface area contributed by atoms with Crippen LogP contribution in [-0.2, 0) is 24.2 Å². The van der Waals surface area contributed by atoms with Crippen LogP contribution in [0.2, 0.25) is 0 Å². The third-order valence-corrected chi connectivity index (χ3v) is 6.17. The molecule has 7 heteroatoms. The van der Waals surface area contributed by atoms with E-state index in [0.29, 0.717) is 19.1 Å². The molecule has 3 aromatic rings. The van der Waals surface area contributed by atoms with Gasteiger partial charge in [-0.15, -0.1) is 0 Å². The molecular weight excluding hydrogens is 392 g/mol. The van der Waals surface area contributed by atoms with Gasteiger partial charge in [-0.1, -0.05) is 31.7 Å². The van der Waals surface area contributed by atoms with E-state index < -0.39 is 0 Å². The fraction of sp³-hybridized carbons (Fsp3) is 0.458. The first-order chi connectivity index (χ1) is 15.1.